The number of hydrogen-bond donors (Lipinski definition) is 1. The maximum atomic E-state index is 13.0. The lowest BCUT2D eigenvalue weighted by Crippen LogP contribution is -2.43. The highest BCUT2D eigenvalue weighted by atomic mass is 35.5. The summed E-state index contributed by atoms with van der Waals surface area (Å²) in [5.74, 6) is 1.48. The lowest BCUT2D eigenvalue weighted by Gasteiger charge is -2.46. The number of nitrogens with one attached hydrogen (secondary N) is 1. The van der Waals surface area contributed by atoms with Crippen molar-refractivity contribution in [2.45, 2.75) is 58.9 Å². The second kappa shape index (κ2) is 6.92. The van der Waals surface area contributed by atoms with Crippen LogP contribution in [0.25, 0.3) is 10.9 Å². The number of aromatic nitrogens is 1. The molecule has 0 radical (unpaired) electrons. The van der Waals surface area contributed by atoms with E-state index in [1.54, 1.807) is 0 Å². The Bertz CT molecular complexity index is 801. The summed E-state index contributed by atoms with van der Waals surface area (Å²) in [7, 11) is 0. The number of rotatable bonds is 5. The smallest absolute Gasteiger partial charge is 0.253 e. The Kier molecular flexibility index (Phi) is 4.77. The molecule has 140 valence electrons. The molecule has 26 heavy (non-hydrogen) atoms. The highest BCUT2D eigenvalue weighted by Gasteiger charge is 2.40. The first-order chi connectivity index (χ1) is 12.5. The van der Waals surface area contributed by atoms with Crippen LogP contribution in [0.15, 0.2) is 24.4 Å². The van der Waals surface area contributed by atoms with Gasteiger partial charge in [-0.05, 0) is 67.9 Å². The first-order valence-corrected chi connectivity index (χ1v) is 10.4. The molecule has 4 heteroatoms. The molecular weight excluding hydrogens is 344 g/mol. The molecule has 0 aliphatic heterocycles. The molecule has 5 rings (SSSR count). The Labute approximate surface area is 161 Å². The summed E-state index contributed by atoms with van der Waals surface area (Å²) in [6.45, 7) is 6.07. The fraction of sp³-hybridized carbons (Fsp3) is 0.591. The van der Waals surface area contributed by atoms with Gasteiger partial charge in [-0.3, -0.25) is 4.79 Å². The zero-order valence-electron chi connectivity index (χ0n) is 15.9. The van der Waals surface area contributed by atoms with E-state index in [1.165, 1.54) is 38.5 Å². The van der Waals surface area contributed by atoms with Gasteiger partial charge in [0.15, 0.2) is 0 Å². The van der Waals surface area contributed by atoms with Crippen molar-refractivity contribution < 1.29 is 4.79 Å². The molecule has 3 fully saturated rings. The summed E-state index contributed by atoms with van der Waals surface area (Å²) in [6.07, 6.45) is 9.83. The molecule has 0 saturated heterocycles. The second-order valence-electron chi connectivity index (χ2n) is 8.89. The van der Waals surface area contributed by atoms with Gasteiger partial charge < -0.3 is 9.88 Å². The van der Waals surface area contributed by atoms with Crippen LogP contribution in [0.3, 0.4) is 0 Å². The summed E-state index contributed by atoms with van der Waals surface area (Å²) in [4.78, 5) is 13.0. The first kappa shape index (κ1) is 17.9. The predicted molar refractivity (Wildman–Crippen MR) is 108 cm³/mol. The minimum absolute atomic E-state index is 0.0210. The van der Waals surface area contributed by atoms with E-state index in [2.05, 4.69) is 29.8 Å². The Balaban J connectivity index is 1.58. The van der Waals surface area contributed by atoms with Crippen LogP contribution in [-0.4, -0.2) is 17.0 Å². The van der Waals surface area contributed by atoms with Gasteiger partial charge >= 0.3 is 0 Å². The molecule has 0 unspecified atom stereocenters. The minimum atomic E-state index is 0.0210. The number of halogens is 1. The highest BCUT2D eigenvalue weighted by Crippen LogP contribution is 2.49. The fourth-order valence-corrected chi connectivity index (χ4v) is 5.26. The van der Waals surface area contributed by atoms with E-state index in [-0.39, 0.29) is 5.91 Å². The van der Waals surface area contributed by atoms with E-state index in [1.807, 2.05) is 18.3 Å². The molecule has 3 aliphatic rings. The van der Waals surface area contributed by atoms with Crippen molar-refractivity contribution in [1.29, 1.82) is 0 Å². The second-order valence-corrected chi connectivity index (χ2v) is 9.29. The minimum Gasteiger partial charge on any atom is -0.351 e. The molecule has 1 aromatic heterocycles. The zero-order valence-corrected chi connectivity index (χ0v) is 16.6. The maximum absolute atomic E-state index is 13.0. The van der Waals surface area contributed by atoms with E-state index >= 15 is 0 Å². The highest BCUT2D eigenvalue weighted by molar-refractivity contribution is 6.36. The predicted octanol–water partition coefficient (Wildman–Crippen LogP) is 5.65. The van der Waals surface area contributed by atoms with Crippen LogP contribution >= 0.6 is 11.6 Å². The third kappa shape index (κ3) is 3.26. The molecule has 0 atom stereocenters. The van der Waals surface area contributed by atoms with Crippen molar-refractivity contribution >= 4 is 28.4 Å². The van der Waals surface area contributed by atoms with Gasteiger partial charge in [-0.2, -0.15) is 0 Å². The summed E-state index contributed by atoms with van der Waals surface area (Å²) in [5.41, 5.74) is 2.10. The van der Waals surface area contributed by atoms with Gasteiger partial charge in [0.2, 0.25) is 0 Å². The van der Waals surface area contributed by atoms with Crippen LogP contribution in [0.4, 0.5) is 0 Å². The lowest BCUT2D eigenvalue weighted by molar-refractivity contribution is 0.0598. The van der Waals surface area contributed by atoms with Crippen LogP contribution in [0, 0.1) is 17.3 Å². The Morgan fingerprint density at radius 2 is 1.96 bits per heavy atom. The topological polar surface area (TPSA) is 34.0 Å². The van der Waals surface area contributed by atoms with Gasteiger partial charge in [0.1, 0.15) is 0 Å². The number of nitrogens with zero attached hydrogens (tertiary/aromatic N) is 1. The van der Waals surface area contributed by atoms with Crippen LogP contribution in [0.1, 0.15) is 62.7 Å². The van der Waals surface area contributed by atoms with Gasteiger partial charge in [-0.1, -0.05) is 31.5 Å². The van der Waals surface area contributed by atoms with Crippen LogP contribution in [0.2, 0.25) is 5.02 Å². The summed E-state index contributed by atoms with van der Waals surface area (Å²) in [5, 5.41) is 4.81. The summed E-state index contributed by atoms with van der Waals surface area (Å²) < 4.78 is 2.17. The first-order valence-electron chi connectivity index (χ1n) is 10.0. The Morgan fingerprint density at radius 3 is 2.62 bits per heavy atom. The van der Waals surface area contributed by atoms with Crippen molar-refractivity contribution in [3.63, 3.8) is 0 Å². The maximum Gasteiger partial charge on any atom is 0.253 e. The van der Waals surface area contributed by atoms with Crippen molar-refractivity contribution in [1.82, 2.24) is 9.88 Å². The fourth-order valence-electron chi connectivity index (χ4n) is 4.99. The zero-order chi connectivity index (χ0) is 18.3. The van der Waals surface area contributed by atoms with Crippen LogP contribution in [-0.2, 0) is 6.54 Å². The number of fused-ring (bicyclic) bond motifs is 4. The average molecular weight is 373 g/mol. The largest absolute Gasteiger partial charge is 0.351 e. The number of carbonyl (C=O) groups excluding carboxylic acids is 1. The van der Waals surface area contributed by atoms with Gasteiger partial charge in [0, 0.05) is 24.7 Å². The molecule has 3 aliphatic carbocycles. The molecule has 3 saturated carbocycles. The Morgan fingerprint density at radius 1 is 1.27 bits per heavy atom. The van der Waals surface area contributed by atoms with E-state index in [4.69, 9.17) is 11.6 Å². The summed E-state index contributed by atoms with van der Waals surface area (Å²) >= 11 is 6.47. The van der Waals surface area contributed by atoms with E-state index < -0.39 is 0 Å². The number of amides is 1. The summed E-state index contributed by atoms with van der Waals surface area (Å²) in [6, 6.07) is 5.89. The molecule has 2 aromatic rings. The molecule has 1 N–H and O–H groups in total. The van der Waals surface area contributed by atoms with Gasteiger partial charge in [-0.15, -0.1) is 0 Å². The van der Waals surface area contributed by atoms with Crippen LogP contribution < -0.4 is 5.32 Å². The van der Waals surface area contributed by atoms with Gasteiger partial charge in [-0.25, -0.2) is 0 Å². The average Bonchev–Trinajstić information content (AvgIpc) is 3.01. The third-order valence-corrected chi connectivity index (χ3v) is 6.85. The number of benzene rings is 1. The molecule has 1 aromatic carbocycles. The standard InChI is InChI=1S/C22H29ClN2O/c1-15(2)12-25-13-17(20-18(23)4-3-5-19(20)25)21(26)24-14-22-9-6-16(7-10-22)8-11-22/h3-5,13,15-16H,6-12,14H2,1-2H3,(H,24,26). The quantitative estimate of drug-likeness (QED) is 0.722. The Hall–Kier alpha value is -1.48. The van der Waals surface area contributed by atoms with Gasteiger partial charge in [0.25, 0.3) is 5.91 Å². The molecule has 3 nitrogen and oxygen atoms in total. The molecule has 2 bridgehead atoms. The number of carbonyl (C=O) groups is 1. The van der Waals surface area contributed by atoms with E-state index in [0.29, 0.717) is 21.9 Å². The molecule has 0 spiro atoms. The molecular formula is C22H29ClN2O. The van der Waals surface area contributed by atoms with Gasteiger partial charge in [0.05, 0.1) is 16.1 Å². The van der Waals surface area contributed by atoms with E-state index in [9.17, 15) is 4.79 Å². The number of hydrogen-bond acceptors (Lipinski definition) is 1. The normalized spacial score (nSPS) is 25.2. The van der Waals surface area contributed by atoms with Crippen molar-refractivity contribution in [3.8, 4) is 0 Å². The van der Waals surface area contributed by atoms with Crippen molar-refractivity contribution in [2.75, 3.05) is 6.54 Å². The van der Waals surface area contributed by atoms with E-state index in [0.717, 1.165) is 29.9 Å². The van der Waals surface area contributed by atoms with Crippen molar-refractivity contribution in [2.24, 2.45) is 17.3 Å². The SMILES string of the molecule is CC(C)Cn1cc(C(=O)NCC23CCC(CC2)CC3)c2c(Cl)cccc21. The van der Waals surface area contributed by atoms with Crippen LogP contribution in [0.5, 0.6) is 0 Å². The molecule has 1 heterocycles. The lowest BCUT2D eigenvalue weighted by atomic mass is 9.61. The monoisotopic (exact) mass is 372 g/mol. The third-order valence-electron chi connectivity index (χ3n) is 6.53. The van der Waals surface area contributed by atoms with Crippen molar-refractivity contribution in [3.05, 3.63) is 35.0 Å². The molecule has 1 amide bonds.